The van der Waals surface area contributed by atoms with Gasteiger partial charge < -0.3 is 10.0 Å². The van der Waals surface area contributed by atoms with Crippen LogP contribution in [0.3, 0.4) is 0 Å². The molecule has 2 atom stereocenters. The Hall–Kier alpha value is -0.940. The van der Waals surface area contributed by atoms with Crippen molar-refractivity contribution in [1.82, 2.24) is 4.90 Å². The van der Waals surface area contributed by atoms with E-state index in [-0.39, 0.29) is 29.9 Å². The highest BCUT2D eigenvalue weighted by molar-refractivity contribution is 9.10. The number of nitrogens with zero attached hydrogens (tertiary/aromatic N) is 1. The average Bonchev–Trinajstić information content (AvgIpc) is 2.61. The van der Waals surface area contributed by atoms with Crippen molar-refractivity contribution < 1.29 is 14.3 Å². The minimum absolute atomic E-state index is 0.0636. The lowest BCUT2D eigenvalue weighted by Gasteiger charge is -2.37. The fraction of sp³-hybridized carbons (Fsp3) is 0.500. The highest BCUT2D eigenvalue weighted by Crippen LogP contribution is 2.37. The van der Waals surface area contributed by atoms with Gasteiger partial charge in [-0.2, -0.15) is 0 Å². The summed E-state index contributed by atoms with van der Waals surface area (Å²) in [5.41, 5.74) is 0.495. The quantitative estimate of drug-likeness (QED) is 0.861. The highest BCUT2D eigenvalue weighted by atomic mass is 79.9. The lowest BCUT2D eigenvalue weighted by molar-refractivity contribution is 0.0286. The number of halogens is 2. The van der Waals surface area contributed by atoms with E-state index in [0.717, 1.165) is 12.8 Å². The second-order valence-electron chi connectivity index (χ2n) is 5.35. The SMILES string of the molecule is O=C(c1ccc(F)cc1Br)N1C2CCC1CC(O)C2. The van der Waals surface area contributed by atoms with Crippen LogP contribution in [0.2, 0.25) is 0 Å². The molecule has 2 heterocycles. The van der Waals surface area contributed by atoms with Crippen LogP contribution >= 0.6 is 15.9 Å². The molecule has 5 heteroatoms. The first-order valence-electron chi connectivity index (χ1n) is 6.52. The zero-order valence-corrected chi connectivity index (χ0v) is 11.9. The predicted molar refractivity (Wildman–Crippen MR) is 72.3 cm³/mol. The molecule has 0 saturated carbocycles. The minimum Gasteiger partial charge on any atom is -0.393 e. The fourth-order valence-electron chi connectivity index (χ4n) is 3.28. The molecular weight excluding hydrogens is 313 g/mol. The number of aliphatic hydroxyl groups excluding tert-OH is 1. The van der Waals surface area contributed by atoms with Gasteiger partial charge in [0.25, 0.3) is 5.91 Å². The minimum atomic E-state index is -0.361. The van der Waals surface area contributed by atoms with Crippen LogP contribution in [0.5, 0.6) is 0 Å². The van der Waals surface area contributed by atoms with E-state index in [1.807, 2.05) is 4.90 Å². The number of carbonyl (C=O) groups excluding carboxylic acids is 1. The van der Waals surface area contributed by atoms with Gasteiger partial charge >= 0.3 is 0 Å². The van der Waals surface area contributed by atoms with E-state index in [2.05, 4.69) is 15.9 Å². The zero-order chi connectivity index (χ0) is 13.6. The van der Waals surface area contributed by atoms with Crippen LogP contribution < -0.4 is 0 Å². The number of benzene rings is 1. The van der Waals surface area contributed by atoms with Crippen molar-refractivity contribution >= 4 is 21.8 Å². The van der Waals surface area contributed by atoms with E-state index in [1.165, 1.54) is 18.2 Å². The monoisotopic (exact) mass is 327 g/mol. The van der Waals surface area contributed by atoms with E-state index < -0.39 is 0 Å². The molecule has 0 aliphatic carbocycles. The van der Waals surface area contributed by atoms with Crippen LogP contribution in [0.15, 0.2) is 22.7 Å². The summed E-state index contributed by atoms with van der Waals surface area (Å²) in [6, 6.07) is 4.38. The maximum Gasteiger partial charge on any atom is 0.255 e. The molecule has 0 spiro atoms. The van der Waals surface area contributed by atoms with Gasteiger partial charge in [-0.1, -0.05) is 0 Å². The van der Waals surface area contributed by atoms with Crippen molar-refractivity contribution in [2.75, 3.05) is 0 Å². The van der Waals surface area contributed by atoms with E-state index in [9.17, 15) is 14.3 Å². The van der Waals surface area contributed by atoms with Gasteiger partial charge in [-0.3, -0.25) is 4.79 Å². The fourth-order valence-corrected chi connectivity index (χ4v) is 3.80. The summed E-state index contributed by atoms with van der Waals surface area (Å²) in [4.78, 5) is 14.5. The Morgan fingerprint density at radius 3 is 2.53 bits per heavy atom. The van der Waals surface area contributed by atoms with Crippen LogP contribution in [-0.4, -0.2) is 34.1 Å². The molecule has 0 radical (unpaired) electrons. The topological polar surface area (TPSA) is 40.5 Å². The van der Waals surface area contributed by atoms with E-state index in [1.54, 1.807) is 0 Å². The second-order valence-corrected chi connectivity index (χ2v) is 6.20. The molecule has 2 aliphatic rings. The average molecular weight is 328 g/mol. The summed E-state index contributed by atoms with van der Waals surface area (Å²) in [6.45, 7) is 0. The van der Waals surface area contributed by atoms with Gasteiger partial charge in [0.2, 0.25) is 0 Å². The van der Waals surface area contributed by atoms with Crippen molar-refractivity contribution in [2.45, 2.75) is 43.9 Å². The van der Waals surface area contributed by atoms with Gasteiger partial charge in [0.05, 0.1) is 11.7 Å². The molecule has 102 valence electrons. The largest absolute Gasteiger partial charge is 0.393 e. The van der Waals surface area contributed by atoms with Gasteiger partial charge in [-0.15, -0.1) is 0 Å². The first-order valence-corrected chi connectivity index (χ1v) is 7.31. The summed E-state index contributed by atoms with van der Waals surface area (Å²) >= 11 is 3.25. The van der Waals surface area contributed by atoms with Crippen LogP contribution in [-0.2, 0) is 0 Å². The van der Waals surface area contributed by atoms with Gasteiger partial charge in [0.15, 0.2) is 0 Å². The smallest absolute Gasteiger partial charge is 0.255 e. The maximum atomic E-state index is 13.1. The molecule has 2 fully saturated rings. The first kappa shape index (κ1) is 13.1. The molecule has 1 aromatic carbocycles. The summed E-state index contributed by atoms with van der Waals surface area (Å²) in [6.07, 6.45) is 2.92. The summed E-state index contributed by atoms with van der Waals surface area (Å²) in [7, 11) is 0. The third-order valence-corrected chi connectivity index (χ3v) is 4.76. The molecule has 1 amide bonds. The van der Waals surface area contributed by atoms with Crippen LogP contribution in [0, 0.1) is 5.82 Å². The Bertz CT molecular complexity index is 508. The van der Waals surface area contributed by atoms with Crippen molar-refractivity contribution in [1.29, 1.82) is 0 Å². The molecule has 3 rings (SSSR count). The molecule has 2 saturated heterocycles. The maximum absolute atomic E-state index is 13.1. The van der Waals surface area contributed by atoms with Crippen LogP contribution in [0.25, 0.3) is 0 Å². The third kappa shape index (κ3) is 2.30. The molecule has 2 aliphatic heterocycles. The lowest BCUT2D eigenvalue weighted by Crippen LogP contribution is -2.48. The zero-order valence-electron chi connectivity index (χ0n) is 10.4. The Balaban J connectivity index is 1.88. The number of fused-ring (bicyclic) bond motifs is 2. The van der Waals surface area contributed by atoms with E-state index in [0.29, 0.717) is 22.9 Å². The molecule has 1 N–H and O–H groups in total. The first-order chi connectivity index (χ1) is 9.06. The summed E-state index contributed by atoms with van der Waals surface area (Å²) < 4.78 is 13.6. The number of hydrogen-bond acceptors (Lipinski definition) is 2. The number of carbonyl (C=O) groups is 1. The van der Waals surface area contributed by atoms with Crippen molar-refractivity contribution in [3.8, 4) is 0 Å². The number of rotatable bonds is 1. The Kier molecular flexibility index (Phi) is 3.35. The van der Waals surface area contributed by atoms with Gasteiger partial charge in [-0.05, 0) is 59.8 Å². The van der Waals surface area contributed by atoms with Crippen LogP contribution in [0.4, 0.5) is 4.39 Å². The van der Waals surface area contributed by atoms with Crippen LogP contribution in [0.1, 0.15) is 36.0 Å². The predicted octanol–water partition coefficient (Wildman–Crippen LogP) is 2.72. The summed E-state index contributed by atoms with van der Waals surface area (Å²) in [5.74, 6) is -0.424. The molecule has 1 aromatic rings. The number of aliphatic hydroxyl groups is 1. The van der Waals surface area contributed by atoms with E-state index >= 15 is 0 Å². The Morgan fingerprint density at radius 1 is 1.32 bits per heavy atom. The Labute approximate surface area is 119 Å². The molecule has 0 aromatic heterocycles. The number of amides is 1. The van der Waals surface area contributed by atoms with Gasteiger partial charge in [0, 0.05) is 16.6 Å². The molecular formula is C14H15BrFNO2. The van der Waals surface area contributed by atoms with Crippen molar-refractivity contribution in [2.24, 2.45) is 0 Å². The van der Waals surface area contributed by atoms with Gasteiger partial charge in [0.1, 0.15) is 5.82 Å². The lowest BCUT2D eigenvalue weighted by atomic mass is 9.99. The molecule has 2 bridgehead atoms. The number of hydrogen-bond donors (Lipinski definition) is 1. The number of piperidine rings is 1. The standard InChI is InChI=1S/C14H15BrFNO2/c15-13-5-8(16)1-4-12(13)14(19)17-9-2-3-10(17)7-11(18)6-9/h1,4-5,9-11,18H,2-3,6-7H2. The Morgan fingerprint density at radius 2 is 1.95 bits per heavy atom. The third-order valence-electron chi connectivity index (χ3n) is 4.10. The second kappa shape index (κ2) is 4.87. The normalized spacial score (nSPS) is 29.6. The van der Waals surface area contributed by atoms with Gasteiger partial charge in [-0.25, -0.2) is 4.39 Å². The molecule has 19 heavy (non-hydrogen) atoms. The van der Waals surface area contributed by atoms with Crippen molar-refractivity contribution in [3.63, 3.8) is 0 Å². The molecule has 2 unspecified atom stereocenters. The summed E-state index contributed by atoms with van der Waals surface area (Å²) in [5, 5.41) is 9.75. The van der Waals surface area contributed by atoms with E-state index in [4.69, 9.17) is 0 Å². The highest BCUT2D eigenvalue weighted by Gasteiger charge is 2.43. The molecule has 3 nitrogen and oxygen atoms in total. The van der Waals surface area contributed by atoms with Crippen molar-refractivity contribution in [3.05, 3.63) is 34.1 Å².